The van der Waals surface area contributed by atoms with Crippen LogP contribution in [-0.2, 0) is 6.42 Å². The van der Waals surface area contributed by atoms with E-state index in [0.29, 0.717) is 0 Å². The van der Waals surface area contributed by atoms with Crippen LogP contribution in [0.5, 0.6) is 0 Å². The summed E-state index contributed by atoms with van der Waals surface area (Å²) >= 11 is 0. The molecule has 2 aromatic rings. The van der Waals surface area contributed by atoms with E-state index in [0.717, 1.165) is 12.1 Å². The molecule has 0 unspecified atom stereocenters. The van der Waals surface area contributed by atoms with E-state index in [9.17, 15) is 0 Å². The minimum absolute atomic E-state index is 0.828. The van der Waals surface area contributed by atoms with E-state index in [-0.39, 0.29) is 0 Å². The molecule has 2 N–H and O–H groups in total. The van der Waals surface area contributed by atoms with E-state index in [1.165, 1.54) is 49.2 Å². The Morgan fingerprint density at radius 2 is 1.30 bits per heavy atom. The maximum absolute atomic E-state index is 5.72. The fourth-order valence-corrected chi connectivity index (χ4v) is 2.85. The molecule has 0 aliphatic carbocycles. The van der Waals surface area contributed by atoms with Crippen molar-refractivity contribution in [3.05, 3.63) is 59.7 Å². The topological polar surface area (TPSA) is 29.3 Å². The summed E-state index contributed by atoms with van der Waals surface area (Å²) in [7, 11) is 0. The lowest BCUT2D eigenvalue weighted by molar-refractivity contribution is 0.578. The van der Waals surface area contributed by atoms with Crippen molar-refractivity contribution in [2.24, 2.45) is 0 Å². The molecule has 0 bridgehead atoms. The van der Waals surface area contributed by atoms with Gasteiger partial charge in [-0.15, -0.1) is 0 Å². The number of benzene rings is 2. The van der Waals surface area contributed by atoms with Crippen molar-refractivity contribution in [2.45, 2.75) is 25.7 Å². The Morgan fingerprint density at radius 3 is 1.90 bits per heavy atom. The summed E-state index contributed by atoms with van der Waals surface area (Å²) in [6.45, 7) is 2.41. The number of hydrogen-bond donors (Lipinski definition) is 1. The number of hydrogen-bond acceptors (Lipinski definition) is 2. The fraction of sp³-hybridized carbons (Fsp3) is 0.333. The van der Waals surface area contributed by atoms with Gasteiger partial charge in [0.25, 0.3) is 0 Å². The van der Waals surface area contributed by atoms with Crippen LogP contribution in [0.1, 0.15) is 30.4 Å². The van der Waals surface area contributed by atoms with Crippen LogP contribution in [0, 0.1) is 0 Å². The summed E-state index contributed by atoms with van der Waals surface area (Å²) in [5, 5.41) is 0. The van der Waals surface area contributed by atoms with E-state index in [2.05, 4.69) is 41.3 Å². The third-order valence-electron chi connectivity index (χ3n) is 4.05. The van der Waals surface area contributed by atoms with Crippen LogP contribution in [0.15, 0.2) is 48.5 Å². The highest BCUT2D eigenvalue weighted by atomic mass is 15.1. The van der Waals surface area contributed by atoms with Gasteiger partial charge in [0.1, 0.15) is 0 Å². The molecule has 1 aliphatic rings. The first-order valence-electron chi connectivity index (χ1n) is 7.49. The first kappa shape index (κ1) is 13.0. The summed E-state index contributed by atoms with van der Waals surface area (Å²) in [5.74, 6) is 0. The molecule has 2 aromatic carbocycles. The highest BCUT2D eigenvalue weighted by Crippen LogP contribution is 2.21. The van der Waals surface area contributed by atoms with E-state index >= 15 is 0 Å². The van der Waals surface area contributed by atoms with Gasteiger partial charge in [0.2, 0.25) is 0 Å². The molecular weight excluding hydrogens is 244 g/mol. The zero-order valence-corrected chi connectivity index (χ0v) is 11.9. The lowest BCUT2D eigenvalue weighted by Crippen LogP contribution is -2.29. The molecule has 1 aliphatic heterocycles. The summed E-state index contributed by atoms with van der Waals surface area (Å²) in [6, 6.07) is 17.2. The van der Waals surface area contributed by atoms with Gasteiger partial charge in [0.15, 0.2) is 0 Å². The first-order chi connectivity index (χ1) is 9.81. The van der Waals surface area contributed by atoms with Crippen molar-refractivity contribution >= 4 is 11.4 Å². The second-order valence-electron chi connectivity index (χ2n) is 5.63. The molecule has 20 heavy (non-hydrogen) atoms. The van der Waals surface area contributed by atoms with Crippen LogP contribution in [0.25, 0.3) is 0 Å². The van der Waals surface area contributed by atoms with E-state index < -0.39 is 0 Å². The van der Waals surface area contributed by atoms with Crippen molar-refractivity contribution in [1.82, 2.24) is 0 Å². The maximum Gasteiger partial charge on any atom is 0.0366 e. The molecule has 104 valence electrons. The summed E-state index contributed by atoms with van der Waals surface area (Å²) in [5.41, 5.74) is 10.6. The zero-order valence-electron chi connectivity index (χ0n) is 11.9. The Balaban J connectivity index is 1.67. The van der Waals surface area contributed by atoms with Crippen LogP contribution in [0.4, 0.5) is 11.4 Å². The summed E-state index contributed by atoms with van der Waals surface area (Å²) < 4.78 is 0. The SMILES string of the molecule is Nc1ccc(Cc2ccc(N3CCCCC3)cc2)cc1. The molecule has 0 spiro atoms. The molecule has 1 saturated heterocycles. The average Bonchev–Trinajstić information content (AvgIpc) is 2.51. The normalized spacial score (nSPS) is 15.3. The molecular formula is C18H22N2. The molecule has 0 saturated carbocycles. The summed E-state index contributed by atoms with van der Waals surface area (Å²) in [4.78, 5) is 2.50. The molecule has 0 amide bonds. The standard InChI is InChI=1S/C18H22N2/c19-17-8-4-15(5-9-17)14-16-6-10-18(11-7-16)20-12-2-1-3-13-20/h4-11H,1-3,12-14,19H2. The lowest BCUT2D eigenvalue weighted by atomic mass is 10.0. The number of nitrogens with zero attached hydrogens (tertiary/aromatic N) is 1. The third kappa shape index (κ3) is 3.13. The smallest absolute Gasteiger partial charge is 0.0366 e. The van der Waals surface area contributed by atoms with E-state index in [4.69, 9.17) is 5.73 Å². The van der Waals surface area contributed by atoms with Gasteiger partial charge >= 0.3 is 0 Å². The van der Waals surface area contributed by atoms with Crippen molar-refractivity contribution in [3.8, 4) is 0 Å². The van der Waals surface area contributed by atoms with Gasteiger partial charge < -0.3 is 10.6 Å². The number of anilines is 2. The molecule has 2 nitrogen and oxygen atoms in total. The molecule has 0 atom stereocenters. The summed E-state index contributed by atoms with van der Waals surface area (Å²) in [6.07, 6.45) is 5.01. The van der Waals surface area contributed by atoms with Crippen LogP contribution in [0.2, 0.25) is 0 Å². The number of rotatable bonds is 3. The Kier molecular flexibility index (Phi) is 3.91. The second kappa shape index (κ2) is 6.00. The monoisotopic (exact) mass is 266 g/mol. The van der Waals surface area contributed by atoms with Crippen molar-refractivity contribution in [2.75, 3.05) is 23.7 Å². The van der Waals surface area contributed by atoms with Gasteiger partial charge in [-0.3, -0.25) is 0 Å². The number of nitrogen functional groups attached to an aromatic ring is 1. The molecule has 1 heterocycles. The zero-order chi connectivity index (χ0) is 13.8. The van der Waals surface area contributed by atoms with Gasteiger partial charge in [0.05, 0.1) is 0 Å². The van der Waals surface area contributed by atoms with Gasteiger partial charge in [0, 0.05) is 24.5 Å². The fourth-order valence-electron chi connectivity index (χ4n) is 2.85. The average molecular weight is 266 g/mol. The molecule has 2 heteroatoms. The van der Waals surface area contributed by atoms with Gasteiger partial charge in [-0.25, -0.2) is 0 Å². The van der Waals surface area contributed by atoms with Crippen LogP contribution < -0.4 is 10.6 Å². The van der Waals surface area contributed by atoms with Gasteiger partial charge in [-0.2, -0.15) is 0 Å². The van der Waals surface area contributed by atoms with Crippen molar-refractivity contribution in [3.63, 3.8) is 0 Å². The Morgan fingerprint density at radius 1 is 0.750 bits per heavy atom. The number of piperidine rings is 1. The van der Waals surface area contributed by atoms with E-state index in [1.807, 2.05) is 12.1 Å². The predicted octanol–water partition coefficient (Wildman–Crippen LogP) is 3.85. The molecule has 0 radical (unpaired) electrons. The maximum atomic E-state index is 5.72. The largest absolute Gasteiger partial charge is 0.399 e. The van der Waals surface area contributed by atoms with Crippen molar-refractivity contribution < 1.29 is 0 Å². The molecule has 0 aromatic heterocycles. The van der Waals surface area contributed by atoms with Crippen LogP contribution >= 0.6 is 0 Å². The molecule has 1 fully saturated rings. The Bertz CT molecular complexity index is 537. The minimum atomic E-state index is 0.828. The van der Waals surface area contributed by atoms with Crippen LogP contribution in [-0.4, -0.2) is 13.1 Å². The second-order valence-corrected chi connectivity index (χ2v) is 5.63. The van der Waals surface area contributed by atoms with Gasteiger partial charge in [-0.05, 0) is 61.1 Å². The van der Waals surface area contributed by atoms with E-state index in [1.54, 1.807) is 0 Å². The molecule has 3 rings (SSSR count). The highest BCUT2D eigenvalue weighted by molar-refractivity contribution is 5.49. The quantitative estimate of drug-likeness (QED) is 0.855. The predicted molar refractivity (Wildman–Crippen MR) is 86.2 cm³/mol. The Hall–Kier alpha value is -1.96. The first-order valence-corrected chi connectivity index (χ1v) is 7.49. The van der Waals surface area contributed by atoms with Crippen molar-refractivity contribution in [1.29, 1.82) is 0 Å². The number of nitrogens with two attached hydrogens (primary N) is 1. The lowest BCUT2D eigenvalue weighted by Gasteiger charge is -2.28. The highest BCUT2D eigenvalue weighted by Gasteiger charge is 2.10. The van der Waals surface area contributed by atoms with Gasteiger partial charge in [-0.1, -0.05) is 24.3 Å². The van der Waals surface area contributed by atoms with Crippen LogP contribution in [0.3, 0.4) is 0 Å². The third-order valence-corrected chi connectivity index (χ3v) is 4.05. The Labute approximate surface area is 121 Å². The minimum Gasteiger partial charge on any atom is -0.399 e.